The second kappa shape index (κ2) is 10.5. The quantitative estimate of drug-likeness (QED) is 0.109. The molecule has 4 rings (SSSR count). The first-order valence-electron chi connectivity index (χ1n) is 11.1. The number of carbonyl (C=O) groups is 1. The smallest absolute Gasteiger partial charge is 0.382 e. The molecule has 0 amide bonds. The lowest BCUT2D eigenvalue weighted by atomic mass is 9.89. The number of nitrogens with zero attached hydrogens (tertiary/aromatic N) is 1. The lowest BCUT2D eigenvalue weighted by molar-refractivity contribution is -0.510. The van der Waals surface area contributed by atoms with Crippen molar-refractivity contribution in [2.24, 2.45) is 0 Å². The van der Waals surface area contributed by atoms with Crippen molar-refractivity contribution < 1.29 is 23.9 Å². The summed E-state index contributed by atoms with van der Waals surface area (Å²) >= 11 is 2.25. The summed E-state index contributed by atoms with van der Waals surface area (Å²) in [4.78, 5) is 23.6. The van der Waals surface area contributed by atoms with Crippen molar-refractivity contribution in [1.82, 2.24) is 0 Å². The number of hydrogen-bond donors (Lipinski definition) is 0. The van der Waals surface area contributed by atoms with Gasteiger partial charge in [0.05, 0.1) is 30.8 Å². The van der Waals surface area contributed by atoms with Gasteiger partial charge in [0.25, 0.3) is 0 Å². The van der Waals surface area contributed by atoms with Crippen molar-refractivity contribution in [2.45, 2.75) is 19.4 Å². The van der Waals surface area contributed by atoms with Gasteiger partial charge in [0, 0.05) is 21.6 Å². The molecule has 1 unspecified atom stereocenters. The van der Waals surface area contributed by atoms with Crippen molar-refractivity contribution in [3.63, 3.8) is 0 Å². The number of benzene rings is 4. The van der Waals surface area contributed by atoms with E-state index in [1.165, 1.54) is 7.11 Å². The molecule has 0 saturated carbocycles. The average molecular weight is 585 g/mol. The number of nitro groups is 1. The average Bonchev–Trinajstić information content (AvgIpc) is 2.85. The predicted octanol–water partition coefficient (Wildman–Crippen LogP) is 6.03. The monoisotopic (exact) mass is 585 g/mol. The number of rotatable bonds is 8. The van der Waals surface area contributed by atoms with Gasteiger partial charge in [0.15, 0.2) is 0 Å². The molecule has 1 atom stereocenters. The normalized spacial score (nSPS) is 11.9. The Labute approximate surface area is 216 Å². The maximum Gasteiger partial charge on any atom is 0.382 e. The number of fused-ring (bicyclic) bond motifs is 2. The van der Waals surface area contributed by atoms with E-state index in [1.807, 2.05) is 54.6 Å². The van der Waals surface area contributed by atoms with E-state index in [2.05, 4.69) is 28.7 Å². The van der Waals surface area contributed by atoms with Gasteiger partial charge < -0.3 is 14.2 Å². The second-order valence-corrected chi connectivity index (χ2v) is 9.07. The van der Waals surface area contributed by atoms with E-state index < -0.39 is 16.9 Å². The molecule has 4 aromatic rings. The molecule has 0 aromatic heterocycles. The minimum absolute atomic E-state index is 0.0644. The van der Waals surface area contributed by atoms with Crippen LogP contribution in [0.3, 0.4) is 0 Å². The van der Waals surface area contributed by atoms with Gasteiger partial charge >= 0.3 is 12.0 Å². The highest BCUT2D eigenvalue weighted by Gasteiger charge is 2.34. The third-order valence-electron chi connectivity index (χ3n) is 5.92. The number of hydrogen-bond acceptors (Lipinski definition) is 6. The Balaban J connectivity index is 2.09. The zero-order chi connectivity index (χ0) is 25.1. The van der Waals surface area contributed by atoms with Gasteiger partial charge in [-0.2, -0.15) is 0 Å². The summed E-state index contributed by atoms with van der Waals surface area (Å²) in [5.74, 6) is 0.276. The van der Waals surface area contributed by atoms with Gasteiger partial charge in [-0.05, 0) is 63.2 Å². The molecule has 4 aromatic carbocycles. The second-order valence-electron chi connectivity index (χ2n) is 7.91. The van der Waals surface area contributed by atoms with Gasteiger partial charge in [-0.3, -0.25) is 10.1 Å². The van der Waals surface area contributed by atoms with E-state index in [9.17, 15) is 14.9 Å². The molecule has 0 aliphatic rings. The minimum Gasteiger partial charge on any atom is -0.496 e. The topological polar surface area (TPSA) is 87.9 Å². The van der Waals surface area contributed by atoms with Crippen LogP contribution in [0.5, 0.6) is 11.5 Å². The van der Waals surface area contributed by atoms with E-state index in [0.29, 0.717) is 17.1 Å². The molecule has 0 N–H and O–H groups in total. The van der Waals surface area contributed by atoms with Crippen LogP contribution in [0, 0.1) is 13.7 Å². The van der Waals surface area contributed by atoms with E-state index >= 15 is 0 Å². The van der Waals surface area contributed by atoms with Gasteiger partial charge in [-0.25, -0.2) is 4.79 Å². The zero-order valence-electron chi connectivity index (χ0n) is 19.5. The Morgan fingerprint density at radius 2 is 1.49 bits per heavy atom. The Hall–Kier alpha value is -3.40. The SMILES string of the molecule is CCOC(=O)C(Cc1cc2ccccc2c(-c2c(OC)c(I)cc3ccccc23)c1OC)[N+](=O)[O-]. The molecule has 0 bridgehead atoms. The largest absolute Gasteiger partial charge is 0.496 e. The number of methoxy groups -OCH3 is 2. The Bertz CT molecular complexity index is 1430. The van der Waals surface area contributed by atoms with Crippen LogP contribution < -0.4 is 9.47 Å². The molecule has 0 aliphatic carbocycles. The Kier molecular flexibility index (Phi) is 7.39. The molecule has 0 radical (unpaired) electrons. The maximum absolute atomic E-state index is 12.4. The molecular formula is C27H24INO6. The standard InChI is InChI=1S/C27H24INO6/c1-4-35-27(30)22(29(31)32)15-18-13-16-9-5-7-11-19(16)23(25(18)33-2)24-20-12-8-6-10-17(20)14-21(28)26(24)34-3/h5-14,22H,4,15H2,1-3H3. The minimum atomic E-state index is -1.55. The summed E-state index contributed by atoms with van der Waals surface area (Å²) in [5, 5.41) is 15.6. The van der Waals surface area contributed by atoms with E-state index in [1.54, 1.807) is 14.0 Å². The maximum atomic E-state index is 12.4. The van der Waals surface area contributed by atoms with Crippen molar-refractivity contribution in [1.29, 1.82) is 0 Å². The van der Waals surface area contributed by atoms with E-state index in [4.69, 9.17) is 14.2 Å². The van der Waals surface area contributed by atoms with E-state index in [-0.39, 0.29) is 13.0 Å². The van der Waals surface area contributed by atoms with Crippen LogP contribution >= 0.6 is 22.6 Å². The summed E-state index contributed by atoms with van der Waals surface area (Å²) in [6, 6.07) is 18.1. The molecule has 0 saturated heterocycles. The molecular weight excluding hydrogens is 561 g/mol. The molecule has 7 nitrogen and oxygen atoms in total. The number of carbonyl (C=O) groups excluding carboxylic acids is 1. The highest BCUT2D eigenvalue weighted by molar-refractivity contribution is 14.1. The predicted molar refractivity (Wildman–Crippen MR) is 144 cm³/mol. The van der Waals surface area contributed by atoms with Crippen molar-refractivity contribution in [2.75, 3.05) is 20.8 Å². The van der Waals surface area contributed by atoms with Gasteiger partial charge in [-0.15, -0.1) is 0 Å². The molecule has 8 heteroatoms. The van der Waals surface area contributed by atoms with Crippen molar-refractivity contribution in [3.05, 3.63) is 79.9 Å². The van der Waals surface area contributed by atoms with Gasteiger partial charge in [0.2, 0.25) is 0 Å². The first kappa shape index (κ1) is 24.7. The molecule has 0 heterocycles. The van der Waals surface area contributed by atoms with Crippen LogP contribution in [0.15, 0.2) is 60.7 Å². The van der Waals surface area contributed by atoms with Crippen LogP contribution in [-0.4, -0.2) is 37.8 Å². The van der Waals surface area contributed by atoms with Crippen molar-refractivity contribution in [3.8, 4) is 22.6 Å². The first-order valence-corrected chi connectivity index (χ1v) is 12.1. The first-order chi connectivity index (χ1) is 16.9. The summed E-state index contributed by atoms with van der Waals surface area (Å²) < 4.78 is 17.7. The number of esters is 1. The van der Waals surface area contributed by atoms with Crippen LogP contribution in [0.1, 0.15) is 12.5 Å². The summed E-state index contributed by atoms with van der Waals surface area (Å²) in [7, 11) is 3.16. The summed E-state index contributed by atoms with van der Waals surface area (Å²) in [5.41, 5.74) is 2.14. The summed E-state index contributed by atoms with van der Waals surface area (Å²) in [6.07, 6.45) is -0.170. The highest BCUT2D eigenvalue weighted by atomic mass is 127. The fraction of sp³-hybridized carbons (Fsp3) is 0.222. The summed E-state index contributed by atoms with van der Waals surface area (Å²) in [6.45, 7) is 1.69. The van der Waals surface area contributed by atoms with E-state index in [0.717, 1.165) is 36.2 Å². The molecule has 0 fully saturated rings. The lowest BCUT2D eigenvalue weighted by Crippen LogP contribution is -2.33. The van der Waals surface area contributed by atoms with Crippen LogP contribution in [0.25, 0.3) is 32.7 Å². The molecule has 0 spiro atoms. The van der Waals surface area contributed by atoms with Gasteiger partial charge in [0.1, 0.15) is 11.5 Å². The third-order valence-corrected chi connectivity index (χ3v) is 6.72. The van der Waals surface area contributed by atoms with Crippen LogP contribution in [-0.2, 0) is 16.0 Å². The molecule has 35 heavy (non-hydrogen) atoms. The molecule has 180 valence electrons. The van der Waals surface area contributed by atoms with Gasteiger partial charge in [-0.1, -0.05) is 48.5 Å². The lowest BCUT2D eigenvalue weighted by Gasteiger charge is -2.21. The fourth-order valence-electron chi connectivity index (χ4n) is 4.45. The fourth-order valence-corrected chi connectivity index (χ4v) is 5.28. The van der Waals surface area contributed by atoms with Crippen molar-refractivity contribution >= 4 is 50.1 Å². The molecule has 0 aliphatic heterocycles. The van der Waals surface area contributed by atoms with Crippen LogP contribution in [0.2, 0.25) is 0 Å². The number of ether oxygens (including phenoxy) is 3. The number of halogens is 1. The highest BCUT2D eigenvalue weighted by Crippen LogP contribution is 2.48. The Morgan fingerprint density at radius 3 is 2.03 bits per heavy atom. The third kappa shape index (κ3) is 4.62. The van der Waals surface area contributed by atoms with Crippen LogP contribution in [0.4, 0.5) is 0 Å². The Morgan fingerprint density at radius 1 is 0.943 bits per heavy atom. The zero-order valence-corrected chi connectivity index (χ0v) is 21.7.